The van der Waals surface area contributed by atoms with Gasteiger partial charge in [-0.2, -0.15) is 0 Å². The van der Waals surface area contributed by atoms with Crippen LogP contribution in [0.15, 0.2) is 36.4 Å². The molecule has 0 bridgehead atoms. The molecule has 0 radical (unpaired) electrons. The average Bonchev–Trinajstić information content (AvgIpc) is 2.42. The molecule has 0 aliphatic rings. The van der Waals surface area contributed by atoms with Crippen molar-refractivity contribution in [3.63, 3.8) is 0 Å². The van der Waals surface area contributed by atoms with E-state index in [-0.39, 0.29) is 0 Å². The monoisotopic (exact) mass is 258 g/mol. The average molecular weight is 258 g/mol. The predicted molar refractivity (Wildman–Crippen MR) is 86.7 cm³/mol. The second-order valence-electron chi connectivity index (χ2n) is 5.68. The molecule has 1 rings (SSSR count). The highest BCUT2D eigenvalue weighted by atomic mass is 14.0. The molecule has 1 unspecified atom stereocenters. The minimum atomic E-state index is 0.542. The van der Waals surface area contributed by atoms with Gasteiger partial charge in [0, 0.05) is 0 Å². The van der Waals surface area contributed by atoms with Crippen molar-refractivity contribution in [1.82, 2.24) is 0 Å². The molecular weight excluding hydrogens is 228 g/mol. The molecule has 0 N–H and O–H groups in total. The third kappa shape index (κ3) is 7.20. The molecule has 0 amide bonds. The summed E-state index contributed by atoms with van der Waals surface area (Å²) in [6.45, 7) is 6.69. The van der Waals surface area contributed by atoms with Crippen LogP contribution in [-0.4, -0.2) is 0 Å². The van der Waals surface area contributed by atoms with Gasteiger partial charge in [0.2, 0.25) is 0 Å². The molecule has 0 fully saturated rings. The Balaban J connectivity index is 2.16. The topological polar surface area (TPSA) is 0 Å². The van der Waals surface area contributed by atoms with Crippen LogP contribution in [0.25, 0.3) is 0 Å². The van der Waals surface area contributed by atoms with Crippen molar-refractivity contribution < 1.29 is 0 Å². The first-order chi connectivity index (χ1) is 9.24. The predicted octanol–water partition coefficient (Wildman–Crippen LogP) is 6.41. The maximum absolute atomic E-state index is 2.37. The van der Waals surface area contributed by atoms with Crippen molar-refractivity contribution >= 4 is 0 Å². The molecular formula is C19H30. The molecule has 1 atom stereocenters. The van der Waals surface area contributed by atoms with Gasteiger partial charge in [-0.25, -0.2) is 0 Å². The van der Waals surface area contributed by atoms with Crippen LogP contribution in [0.2, 0.25) is 0 Å². The first-order valence-corrected chi connectivity index (χ1v) is 7.97. The zero-order valence-corrected chi connectivity index (χ0v) is 13.0. The SMILES string of the molecule is CCCCCCCCC=CC(C)c1ccc(C)cc1. The summed E-state index contributed by atoms with van der Waals surface area (Å²) >= 11 is 0. The van der Waals surface area contributed by atoms with Gasteiger partial charge in [-0.05, 0) is 31.2 Å². The molecule has 0 saturated heterocycles. The molecule has 1 aromatic rings. The summed E-state index contributed by atoms with van der Waals surface area (Å²) < 4.78 is 0. The van der Waals surface area contributed by atoms with Crippen molar-refractivity contribution in [2.75, 3.05) is 0 Å². The van der Waals surface area contributed by atoms with E-state index in [1.54, 1.807) is 0 Å². The first-order valence-electron chi connectivity index (χ1n) is 7.97. The van der Waals surface area contributed by atoms with E-state index >= 15 is 0 Å². The van der Waals surface area contributed by atoms with Gasteiger partial charge >= 0.3 is 0 Å². The molecule has 1 aromatic carbocycles. The molecule has 0 saturated carbocycles. The van der Waals surface area contributed by atoms with Crippen LogP contribution in [0.4, 0.5) is 0 Å². The fourth-order valence-electron chi connectivity index (χ4n) is 2.32. The zero-order chi connectivity index (χ0) is 13.9. The van der Waals surface area contributed by atoms with Gasteiger partial charge in [0.25, 0.3) is 0 Å². The summed E-state index contributed by atoms with van der Waals surface area (Å²) in [5.74, 6) is 0.542. The molecule has 0 aliphatic heterocycles. The Kier molecular flexibility index (Phi) is 8.29. The molecule has 0 spiro atoms. The van der Waals surface area contributed by atoms with Gasteiger partial charge in [-0.15, -0.1) is 0 Å². The largest absolute Gasteiger partial charge is 0.0879 e. The van der Waals surface area contributed by atoms with E-state index in [0.29, 0.717) is 5.92 Å². The Labute approximate surface area is 119 Å². The fraction of sp³-hybridized carbons (Fsp3) is 0.579. The molecule has 106 valence electrons. The van der Waals surface area contributed by atoms with Crippen LogP contribution < -0.4 is 0 Å². The van der Waals surface area contributed by atoms with E-state index in [1.807, 2.05) is 0 Å². The third-order valence-electron chi connectivity index (χ3n) is 3.75. The van der Waals surface area contributed by atoms with E-state index in [1.165, 1.54) is 56.1 Å². The van der Waals surface area contributed by atoms with Crippen LogP contribution in [0.5, 0.6) is 0 Å². The van der Waals surface area contributed by atoms with Gasteiger partial charge in [-0.1, -0.05) is 87.9 Å². The summed E-state index contributed by atoms with van der Waals surface area (Å²) in [4.78, 5) is 0. The van der Waals surface area contributed by atoms with Crippen molar-refractivity contribution in [2.24, 2.45) is 0 Å². The second kappa shape index (κ2) is 9.83. The number of benzene rings is 1. The zero-order valence-electron chi connectivity index (χ0n) is 13.0. The third-order valence-corrected chi connectivity index (χ3v) is 3.75. The van der Waals surface area contributed by atoms with Crippen molar-refractivity contribution in [3.05, 3.63) is 47.5 Å². The highest BCUT2D eigenvalue weighted by Crippen LogP contribution is 2.17. The van der Waals surface area contributed by atoms with Crippen LogP contribution in [0.3, 0.4) is 0 Å². The van der Waals surface area contributed by atoms with Gasteiger partial charge < -0.3 is 0 Å². The van der Waals surface area contributed by atoms with E-state index in [4.69, 9.17) is 0 Å². The van der Waals surface area contributed by atoms with E-state index in [2.05, 4.69) is 57.2 Å². The number of hydrogen-bond acceptors (Lipinski definition) is 0. The Morgan fingerprint density at radius 3 is 2.26 bits per heavy atom. The van der Waals surface area contributed by atoms with Crippen molar-refractivity contribution in [3.8, 4) is 0 Å². The lowest BCUT2D eigenvalue weighted by Gasteiger charge is -2.07. The minimum Gasteiger partial charge on any atom is -0.0879 e. The normalized spacial score (nSPS) is 13.0. The fourth-order valence-corrected chi connectivity index (χ4v) is 2.32. The van der Waals surface area contributed by atoms with Gasteiger partial charge in [0.1, 0.15) is 0 Å². The summed E-state index contributed by atoms with van der Waals surface area (Å²) in [5, 5.41) is 0. The minimum absolute atomic E-state index is 0.542. The molecule has 19 heavy (non-hydrogen) atoms. The van der Waals surface area contributed by atoms with Crippen molar-refractivity contribution in [1.29, 1.82) is 0 Å². The number of aryl methyl sites for hydroxylation is 1. The lowest BCUT2D eigenvalue weighted by atomic mass is 9.99. The molecule has 0 heterocycles. The summed E-state index contributed by atoms with van der Waals surface area (Å²) in [7, 11) is 0. The highest BCUT2D eigenvalue weighted by Gasteiger charge is 1.99. The maximum Gasteiger partial charge on any atom is -0.00104 e. The summed E-state index contributed by atoms with van der Waals surface area (Å²) in [6, 6.07) is 8.89. The molecule has 0 aliphatic carbocycles. The second-order valence-corrected chi connectivity index (χ2v) is 5.68. The summed E-state index contributed by atoms with van der Waals surface area (Å²) in [5.41, 5.74) is 2.76. The van der Waals surface area contributed by atoms with Gasteiger partial charge in [-0.3, -0.25) is 0 Å². The van der Waals surface area contributed by atoms with Gasteiger partial charge in [0.05, 0.1) is 0 Å². The van der Waals surface area contributed by atoms with Crippen LogP contribution in [0.1, 0.15) is 75.8 Å². The lowest BCUT2D eigenvalue weighted by Crippen LogP contribution is -1.88. The smallest absolute Gasteiger partial charge is 0.00104 e. The van der Waals surface area contributed by atoms with Crippen molar-refractivity contribution in [2.45, 2.75) is 71.6 Å². The maximum atomic E-state index is 2.37. The van der Waals surface area contributed by atoms with E-state index in [0.717, 1.165) is 0 Å². The number of hydrogen-bond donors (Lipinski definition) is 0. The Morgan fingerprint density at radius 1 is 0.947 bits per heavy atom. The Morgan fingerprint density at radius 2 is 1.58 bits per heavy atom. The van der Waals surface area contributed by atoms with Crippen LogP contribution >= 0.6 is 0 Å². The number of unbranched alkanes of at least 4 members (excludes halogenated alkanes) is 6. The molecule has 0 aromatic heterocycles. The standard InChI is InChI=1S/C19H30/c1-4-5-6-7-8-9-10-11-12-18(3)19-15-13-17(2)14-16-19/h11-16,18H,4-10H2,1-3H3. The summed E-state index contributed by atoms with van der Waals surface area (Å²) in [6.07, 6.45) is 14.3. The van der Waals surface area contributed by atoms with E-state index in [9.17, 15) is 0 Å². The van der Waals surface area contributed by atoms with Crippen LogP contribution in [0, 0.1) is 6.92 Å². The first kappa shape index (κ1) is 16.0. The Hall–Kier alpha value is -1.04. The lowest BCUT2D eigenvalue weighted by molar-refractivity contribution is 0.611. The van der Waals surface area contributed by atoms with E-state index < -0.39 is 0 Å². The molecule has 0 heteroatoms. The molecule has 0 nitrogen and oxygen atoms in total. The number of rotatable bonds is 9. The van der Waals surface area contributed by atoms with Gasteiger partial charge in [0.15, 0.2) is 0 Å². The Bertz CT molecular complexity index is 345. The highest BCUT2D eigenvalue weighted by molar-refractivity contribution is 5.26. The van der Waals surface area contributed by atoms with Crippen LogP contribution in [-0.2, 0) is 0 Å². The quantitative estimate of drug-likeness (QED) is 0.355. The number of allylic oxidation sites excluding steroid dienone is 2.